The fraction of sp³-hybridized carbons (Fsp3) is 0.364. The van der Waals surface area contributed by atoms with Gasteiger partial charge in [0.05, 0.1) is 6.61 Å². The molecule has 1 aliphatic heterocycles. The van der Waals surface area contributed by atoms with Crippen LogP contribution in [0, 0.1) is 0 Å². The molecule has 1 heterocycles. The molecule has 2 aromatic carbocycles. The second-order valence-electron chi connectivity index (χ2n) is 7.08. The van der Waals surface area contributed by atoms with Crippen molar-refractivity contribution in [3.8, 4) is 0 Å². The maximum atomic E-state index is 12.6. The molecule has 0 radical (unpaired) electrons. The zero-order valence-electron chi connectivity index (χ0n) is 15.2. The van der Waals surface area contributed by atoms with Crippen LogP contribution in [0.3, 0.4) is 0 Å². The Morgan fingerprint density at radius 3 is 2.78 bits per heavy atom. The number of hydrogen-bond donors (Lipinski definition) is 1. The van der Waals surface area contributed by atoms with Crippen molar-refractivity contribution < 1.29 is 24.2 Å². The molecule has 0 amide bonds. The SMILES string of the molecule is CCOC(=O)C1(O)C[C@@H](c2ccc3ccccc3c2)C2=C(CCCC2=O)O1. The van der Waals surface area contributed by atoms with Crippen LogP contribution < -0.4 is 0 Å². The molecule has 0 spiro atoms. The van der Waals surface area contributed by atoms with Gasteiger partial charge in [0.25, 0.3) is 0 Å². The van der Waals surface area contributed by atoms with Crippen molar-refractivity contribution in [3.63, 3.8) is 0 Å². The molecule has 0 saturated heterocycles. The Kier molecular flexibility index (Phi) is 4.48. The Balaban J connectivity index is 1.81. The molecule has 1 aliphatic carbocycles. The second kappa shape index (κ2) is 6.82. The average Bonchev–Trinajstić information content (AvgIpc) is 2.67. The summed E-state index contributed by atoms with van der Waals surface area (Å²) in [6.07, 6.45) is 1.62. The first kappa shape index (κ1) is 17.7. The Labute approximate surface area is 157 Å². The zero-order valence-corrected chi connectivity index (χ0v) is 15.2. The first-order valence-corrected chi connectivity index (χ1v) is 9.35. The number of ketones is 1. The van der Waals surface area contributed by atoms with Gasteiger partial charge < -0.3 is 14.6 Å². The molecule has 4 rings (SSSR count). The molecule has 0 aromatic heterocycles. The summed E-state index contributed by atoms with van der Waals surface area (Å²) in [6, 6.07) is 13.9. The normalized spacial score (nSPS) is 25.1. The van der Waals surface area contributed by atoms with E-state index in [1.807, 2.05) is 42.5 Å². The van der Waals surface area contributed by atoms with Crippen LogP contribution in [0.5, 0.6) is 0 Å². The van der Waals surface area contributed by atoms with Gasteiger partial charge in [-0.25, -0.2) is 4.79 Å². The fourth-order valence-electron chi connectivity index (χ4n) is 4.03. The van der Waals surface area contributed by atoms with Crippen LogP contribution in [0.25, 0.3) is 10.8 Å². The predicted molar refractivity (Wildman–Crippen MR) is 99.9 cm³/mol. The quantitative estimate of drug-likeness (QED) is 0.840. The highest BCUT2D eigenvalue weighted by Gasteiger charge is 2.50. The third kappa shape index (κ3) is 3.12. The summed E-state index contributed by atoms with van der Waals surface area (Å²) >= 11 is 0. The summed E-state index contributed by atoms with van der Waals surface area (Å²) in [5, 5.41) is 13.0. The Morgan fingerprint density at radius 2 is 2.00 bits per heavy atom. The van der Waals surface area contributed by atoms with E-state index in [0.717, 1.165) is 16.3 Å². The van der Waals surface area contributed by atoms with Crippen molar-refractivity contribution >= 4 is 22.5 Å². The Hall–Kier alpha value is -2.66. The molecule has 2 aliphatic rings. The summed E-state index contributed by atoms with van der Waals surface area (Å²) in [5.74, 6) is -2.82. The number of allylic oxidation sites excluding steroid dienone is 2. The molecular formula is C22H22O5. The highest BCUT2D eigenvalue weighted by atomic mass is 16.7. The lowest BCUT2D eigenvalue weighted by Gasteiger charge is -2.39. The molecule has 140 valence electrons. The van der Waals surface area contributed by atoms with Crippen molar-refractivity contribution in [2.24, 2.45) is 0 Å². The number of benzene rings is 2. The van der Waals surface area contributed by atoms with Gasteiger partial charge in [0.1, 0.15) is 5.76 Å². The minimum absolute atomic E-state index is 0.0281. The zero-order chi connectivity index (χ0) is 19.0. The van der Waals surface area contributed by atoms with E-state index in [2.05, 4.69) is 0 Å². The summed E-state index contributed by atoms with van der Waals surface area (Å²) in [6.45, 7) is 1.83. The van der Waals surface area contributed by atoms with Crippen LogP contribution in [0.1, 0.15) is 44.1 Å². The first-order chi connectivity index (χ1) is 13.0. The van der Waals surface area contributed by atoms with Crippen LogP contribution in [0.2, 0.25) is 0 Å². The number of hydrogen-bond acceptors (Lipinski definition) is 5. The van der Waals surface area contributed by atoms with Crippen LogP contribution in [-0.4, -0.2) is 29.3 Å². The third-order valence-electron chi connectivity index (χ3n) is 5.30. The van der Waals surface area contributed by atoms with Crippen LogP contribution in [0.15, 0.2) is 53.8 Å². The minimum Gasteiger partial charge on any atom is -0.461 e. The van der Waals surface area contributed by atoms with Gasteiger partial charge in [0.15, 0.2) is 5.78 Å². The van der Waals surface area contributed by atoms with Gasteiger partial charge in [-0.15, -0.1) is 0 Å². The number of rotatable bonds is 3. The lowest BCUT2D eigenvalue weighted by Crippen LogP contribution is -2.48. The Bertz CT molecular complexity index is 945. The number of fused-ring (bicyclic) bond motifs is 1. The molecular weight excluding hydrogens is 344 g/mol. The summed E-state index contributed by atoms with van der Waals surface area (Å²) in [5.41, 5.74) is 1.48. The summed E-state index contributed by atoms with van der Waals surface area (Å²) < 4.78 is 10.7. The second-order valence-corrected chi connectivity index (χ2v) is 7.08. The van der Waals surface area contributed by atoms with E-state index in [0.29, 0.717) is 30.6 Å². The van der Waals surface area contributed by atoms with Gasteiger partial charge in [-0.3, -0.25) is 4.79 Å². The van der Waals surface area contributed by atoms with E-state index in [1.54, 1.807) is 6.92 Å². The molecule has 5 nitrogen and oxygen atoms in total. The molecule has 0 saturated carbocycles. The summed E-state index contributed by atoms with van der Waals surface area (Å²) in [7, 11) is 0. The smallest absolute Gasteiger partial charge is 0.379 e. The Morgan fingerprint density at radius 1 is 1.22 bits per heavy atom. The third-order valence-corrected chi connectivity index (χ3v) is 5.30. The minimum atomic E-state index is -2.07. The number of esters is 1. The predicted octanol–water partition coefficient (Wildman–Crippen LogP) is 3.60. The van der Waals surface area contributed by atoms with Crippen LogP contribution in [0.4, 0.5) is 0 Å². The number of carbonyl (C=O) groups is 2. The molecule has 0 fully saturated rings. The highest BCUT2D eigenvalue weighted by molar-refractivity contribution is 5.99. The molecule has 1 unspecified atom stereocenters. The monoisotopic (exact) mass is 366 g/mol. The van der Waals surface area contributed by atoms with Crippen molar-refractivity contribution in [2.75, 3.05) is 6.61 Å². The van der Waals surface area contributed by atoms with E-state index in [4.69, 9.17) is 9.47 Å². The van der Waals surface area contributed by atoms with Gasteiger partial charge in [0.2, 0.25) is 0 Å². The van der Waals surface area contributed by atoms with Gasteiger partial charge in [-0.05, 0) is 29.7 Å². The van der Waals surface area contributed by atoms with Crippen molar-refractivity contribution in [1.82, 2.24) is 0 Å². The van der Waals surface area contributed by atoms with Crippen molar-refractivity contribution in [3.05, 3.63) is 59.4 Å². The van der Waals surface area contributed by atoms with Crippen LogP contribution in [-0.2, 0) is 19.1 Å². The van der Waals surface area contributed by atoms with E-state index in [-0.39, 0.29) is 18.8 Å². The maximum Gasteiger partial charge on any atom is 0.379 e. The molecule has 5 heteroatoms. The van der Waals surface area contributed by atoms with Gasteiger partial charge in [-0.2, -0.15) is 0 Å². The van der Waals surface area contributed by atoms with E-state index in [1.165, 1.54) is 0 Å². The number of carbonyl (C=O) groups excluding carboxylic acids is 2. The van der Waals surface area contributed by atoms with Crippen molar-refractivity contribution in [1.29, 1.82) is 0 Å². The highest BCUT2D eigenvalue weighted by Crippen LogP contribution is 2.45. The number of Topliss-reactive ketones (excluding diaryl/α,β-unsaturated/α-hetero) is 1. The maximum absolute atomic E-state index is 12.6. The lowest BCUT2D eigenvalue weighted by atomic mass is 9.77. The largest absolute Gasteiger partial charge is 0.461 e. The summed E-state index contributed by atoms with van der Waals surface area (Å²) in [4.78, 5) is 25.0. The molecule has 27 heavy (non-hydrogen) atoms. The number of aliphatic hydroxyl groups is 1. The van der Waals surface area contributed by atoms with E-state index >= 15 is 0 Å². The standard InChI is InChI=1S/C22H22O5/c1-2-26-21(24)22(25)13-17(20-18(23)8-5-9-19(20)27-22)16-11-10-14-6-3-4-7-15(14)12-16/h3-4,6-7,10-12,17,25H,2,5,8-9,13H2,1H3/t17-,22?/m0/s1. The van der Waals surface area contributed by atoms with Crippen LogP contribution >= 0.6 is 0 Å². The van der Waals surface area contributed by atoms with Gasteiger partial charge in [0, 0.05) is 30.8 Å². The number of ether oxygens (including phenoxy) is 2. The van der Waals surface area contributed by atoms with Crippen molar-refractivity contribution in [2.45, 2.75) is 44.3 Å². The van der Waals surface area contributed by atoms with E-state index in [9.17, 15) is 14.7 Å². The molecule has 2 atom stereocenters. The lowest BCUT2D eigenvalue weighted by molar-refractivity contribution is -0.224. The molecule has 2 aromatic rings. The topological polar surface area (TPSA) is 72.8 Å². The van der Waals surface area contributed by atoms with E-state index < -0.39 is 17.7 Å². The molecule has 0 bridgehead atoms. The average molecular weight is 366 g/mol. The van der Waals surface area contributed by atoms with Gasteiger partial charge >= 0.3 is 11.8 Å². The molecule has 1 N–H and O–H groups in total. The fourth-order valence-corrected chi connectivity index (χ4v) is 4.03. The first-order valence-electron chi connectivity index (χ1n) is 9.35. The van der Waals surface area contributed by atoms with Gasteiger partial charge in [-0.1, -0.05) is 42.5 Å².